The minimum Gasteiger partial charge on any atom is -0.340 e. The lowest BCUT2D eigenvalue weighted by molar-refractivity contribution is -0.116. The predicted molar refractivity (Wildman–Crippen MR) is 83.3 cm³/mol. The Morgan fingerprint density at radius 3 is 2.39 bits per heavy atom. The fraction of sp³-hybridized carbons (Fsp3) is 0.357. The minimum atomic E-state index is -3.74. The van der Waals surface area contributed by atoms with Crippen LogP contribution >= 0.6 is 0 Å². The quantitative estimate of drug-likeness (QED) is 0.883. The molecule has 2 aromatic rings. The summed E-state index contributed by atoms with van der Waals surface area (Å²) >= 11 is 0. The second-order valence-electron chi connectivity index (χ2n) is 5.09. The maximum atomic E-state index is 12.4. The average Bonchev–Trinajstić information content (AvgIpc) is 2.93. The Labute approximate surface area is 134 Å². The van der Waals surface area contributed by atoms with Gasteiger partial charge in [-0.2, -0.15) is 4.98 Å². The first-order valence-electron chi connectivity index (χ1n) is 6.87. The molecule has 0 saturated heterocycles. The molecule has 1 unspecified atom stereocenters. The van der Waals surface area contributed by atoms with Crippen molar-refractivity contribution in [3.63, 3.8) is 0 Å². The summed E-state index contributed by atoms with van der Waals surface area (Å²) in [5.41, 5.74) is 0.610. The van der Waals surface area contributed by atoms with Crippen LogP contribution in [0.25, 0.3) is 0 Å². The standard InChI is InChI=1S/C14H18N4O4S/c1-9(14-15-10(2)22-16-14)17-23(20,21)13-7-5-12(6-8-13)18(4)11(3)19/h5-9,17H,1-4H3. The summed E-state index contributed by atoms with van der Waals surface area (Å²) < 4.78 is 32.0. The minimum absolute atomic E-state index is 0.0882. The van der Waals surface area contributed by atoms with Crippen molar-refractivity contribution in [2.75, 3.05) is 11.9 Å². The fourth-order valence-electron chi connectivity index (χ4n) is 1.88. The van der Waals surface area contributed by atoms with Gasteiger partial charge in [-0.05, 0) is 31.2 Å². The molecule has 0 aliphatic heterocycles. The third-order valence-corrected chi connectivity index (χ3v) is 4.83. The van der Waals surface area contributed by atoms with E-state index in [-0.39, 0.29) is 16.6 Å². The molecule has 2 rings (SSSR count). The first kappa shape index (κ1) is 17.1. The van der Waals surface area contributed by atoms with Gasteiger partial charge in [0.05, 0.1) is 10.9 Å². The van der Waals surface area contributed by atoms with Gasteiger partial charge in [-0.15, -0.1) is 0 Å². The number of carbonyl (C=O) groups is 1. The molecule has 0 spiro atoms. The van der Waals surface area contributed by atoms with E-state index in [4.69, 9.17) is 4.52 Å². The highest BCUT2D eigenvalue weighted by atomic mass is 32.2. The number of sulfonamides is 1. The van der Waals surface area contributed by atoms with Crippen LogP contribution in [0, 0.1) is 6.92 Å². The lowest BCUT2D eigenvalue weighted by Crippen LogP contribution is -2.28. The van der Waals surface area contributed by atoms with Crippen molar-refractivity contribution in [1.29, 1.82) is 0 Å². The highest BCUT2D eigenvalue weighted by Crippen LogP contribution is 2.19. The van der Waals surface area contributed by atoms with Gasteiger partial charge in [0.25, 0.3) is 0 Å². The summed E-state index contributed by atoms with van der Waals surface area (Å²) in [6.07, 6.45) is 0. The van der Waals surface area contributed by atoms with Gasteiger partial charge in [0.2, 0.25) is 21.8 Å². The van der Waals surface area contributed by atoms with Gasteiger partial charge in [0.1, 0.15) is 0 Å². The summed E-state index contributed by atoms with van der Waals surface area (Å²) in [6, 6.07) is 5.38. The number of nitrogens with one attached hydrogen (secondary N) is 1. The largest absolute Gasteiger partial charge is 0.340 e. The molecular weight excluding hydrogens is 320 g/mol. The molecule has 1 aromatic carbocycles. The number of benzene rings is 1. The Hall–Kier alpha value is -2.26. The van der Waals surface area contributed by atoms with E-state index in [9.17, 15) is 13.2 Å². The lowest BCUT2D eigenvalue weighted by atomic mass is 10.3. The van der Waals surface area contributed by atoms with Crippen LogP contribution in [0.1, 0.15) is 31.6 Å². The zero-order chi connectivity index (χ0) is 17.2. The molecule has 23 heavy (non-hydrogen) atoms. The van der Waals surface area contributed by atoms with Crippen molar-refractivity contribution in [1.82, 2.24) is 14.9 Å². The van der Waals surface area contributed by atoms with E-state index >= 15 is 0 Å². The number of nitrogens with zero attached hydrogens (tertiary/aromatic N) is 3. The van der Waals surface area contributed by atoms with E-state index in [1.54, 1.807) is 33.0 Å². The molecule has 0 saturated carbocycles. The lowest BCUT2D eigenvalue weighted by Gasteiger charge is -2.16. The van der Waals surface area contributed by atoms with Crippen molar-refractivity contribution in [2.24, 2.45) is 0 Å². The average molecular weight is 338 g/mol. The molecule has 1 heterocycles. The smallest absolute Gasteiger partial charge is 0.241 e. The number of amides is 1. The van der Waals surface area contributed by atoms with Gasteiger partial charge in [-0.25, -0.2) is 13.1 Å². The molecule has 0 fully saturated rings. The number of hydrogen-bond acceptors (Lipinski definition) is 6. The number of hydrogen-bond donors (Lipinski definition) is 1. The summed E-state index contributed by atoms with van der Waals surface area (Å²) in [5.74, 6) is 0.488. The fourth-order valence-corrected chi connectivity index (χ4v) is 3.08. The molecule has 0 bridgehead atoms. The van der Waals surface area contributed by atoms with Gasteiger partial charge in [-0.3, -0.25) is 4.79 Å². The molecular formula is C14H18N4O4S. The van der Waals surface area contributed by atoms with E-state index in [0.717, 1.165) is 0 Å². The van der Waals surface area contributed by atoms with Crippen LogP contribution in [0.15, 0.2) is 33.7 Å². The number of carbonyl (C=O) groups excluding carboxylic acids is 1. The normalized spacial score (nSPS) is 12.9. The van der Waals surface area contributed by atoms with Crippen LogP contribution in [0.3, 0.4) is 0 Å². The molecule has 1 atom stereocenters. The van der Waals surface area contributed by atoms with E-state index in [2.05, 4.69) is 14.9 Å². The number of anilines is 1. The van der Waals surface area contributed by atoms with Crippen molar-refractivity contribution < 1.29 is 17.7 Å². The molecule has 1 N–H and O–H groups in total. The van der Waals surface area contributed by atoms with Gasteiger partial charge in [0, 0.05) is 26.6 Å². The van der Waals surface area contributed by atoms with Crippen molar-refractivity contribution in [3.8, 4) is 0 Å². The monoisotopic (exact) mass is 338 g/mol. The van der Waals surface area contributed by atoms with Crippen LogP contribution in [-0.4, -0.2) is 31.5 Å². The van der Waals surface area contributed by atoms with Crippen molar-refractivity contribution in [3.05, 3.63) is 36.0 Å². The number of rotatable bonds is 5. The topological polar surface area (TPSA) is 105 Å². The van der Waals surface area contributed by atoms with Crippen molar-refractivity contribution >= 4 is 21.6 Å². The molecule has 9 heteroatoms. The highest BCUT2D eigenvalue weighted by molar-refractivity contribution is 7.89. The van der Waals surface area contributed by atoms with Gasteiger partial charge >= 0.3 is 0 Å². The first-order valence-corrected chi connectivity index (χ1v) is 8.36. The summed E-state index contributed by atoms with van der Waals surface area (Å²) in [6.45, 7) is 4.68. The highest BCUT2D eigenvalue weighted by Gasteiger charge is 2.21. The number of aromatic nitrogens is 2. The zero-order valence-electron chi connectivity index (χ0n) is 13.3. The van der Waals surface area contributed by atoms with Crippen LogP contribution in [0.2, 0.25) is 0 Å². The van der Waals surface area contributed by atoms with Gasteiger partial charge < -0.3 is 9.42 Å². The van der Waals surface area contributed by atoms with Crippen LogP contribution in [-0.2, 0) is 14.8 Å². The zero-order valence-corrected chi connectivity index (χ0v) is 14.1. The van der Waals surface area contributed by atoms with E-state index in [0.29, 0.717) is 11.6 Å². The molecule has 124 valence electrons. The van der Waals surface area contributed by atoms with E-state index < -0.39 is 16.1 Å². The summed E-state index contributed by atoms with van der Waals surface area (Å²) in [5, 5.41) is 3.69. The third-order valence-electron chi connectivity index (χ3n) is 3.27. The van der Waals surface area contributed by atoms with Gasteiger partial charge in [0.15, 0.2) is 5.82 Å². The summed E-state index contributed by atoms with van der Waals surface area (Å²) in [4.78, 5) is 16.8. The van der Waals surface area contributed by atoms with Crippen molar-refractivity contribution in [2.45, 2.75) is 31.7 Å². The molecule has 0 radical (unpaired) electrons. The Bertz CT molecular complexity index is 798. The summed E-state index contributed by atoms with van der Waals surface area (Å²) in [7, 11) is -2.12. The molecule has 0 aliphatic rings. The van der Waals surface area contributed by atoms with Gasteiger partial charge in [-0.1, -0.05) is 5.16 Å². The Kier molecular flexibility index (Phi) is 4.81. The first-order chi connectivity index (χ1) is 10.7. The maximum absolute atomic E-state index is 12.4. The molecule has 1 amide bonds. The maximum Gasteiger partial charge on any atom is 0.241 e. The van der Waals surface area contributed by atoms with E-state index in [1.807, 2.05) is 0 Å². The second-order valence-corrected chi connectivity index (χ2v) is 6.80. The SMILES string of the molecule is CC(=O)N(C)c1ccc(S(=O)(=O)NC(C)c2noc(C)n2)cc1. The predicted octanol–water partition coefficient (Wildman–Crippen LogP) is 1.40. The second kappa shape index (κ2) is 6.47. The van der Waals surface area contributed by atoms with Crippen LogP contribution in [0.5, 0.6) is 0 Å². The Balaban J connectivity index is 2.18. The molecule has 1 aromatic heterocycles. The molecule has 8 nitrogen and oxygen atoms in total. The Morgan fingerprint density at radius 2 is 1.91 bits per heavy atom. The third kappa shape index (κ3) is 3.93. The van der Waals surface area contributed by atoms with Crippen LogP contribution in [0.4, 0.5) is 5.69 Å². The Morgan fingerprint density at radius 1 is 1.30 bits per heavy atom. The van der Waals surface area contributed by atoms with Crippen LogP contribution < -0.4 is 9.62 Å². The van der Waals surface area contributed by atoms with E-state index in [1.165, 1.54) is 24.0 Å². The molecule has 0 aliphatic carbocycles. The number of aryl methyl sites for hydroxylation is 1.